The Bertz CT molecular complexity index is 458. The van der Waals surface area contributed by atoms with Gasteiger partial charge in [0.25, 0.3) is 0 Å². The smallest absolute Gasteiger partial charge is 0.109 e. The molecule has 0 aromatic carbocycles. The molecule has 0 amide bonds. The second-order valence-electron chi connectivity index (χ2n) is 6.39. The first-order valence-electron chi connectivity index (χ1n) is 7.55. The predicted molar refractivity (Wildman–Crippen MR) is 84.8 cm³/mol. The summed E-state index contributed by atoms with van der Waals surface area (Å²) in [4.78, 5) is 2.45. The van der Waals surface area contributed by atoms with Gasteiger partial charge in [0.15, 0.2) is 0 Å². The van der Waals surface area contributed by atoms with Crippen LogP contribution in [0.5, 0.6) is 0 Å². The number of hydrogen-bond donors (Lipinski definition) is 1. The Morgan fingerprint density at radius 2 is 1.90 bits per heavy atom. The van der Waals surface area contributed by atoms with E-state index in [0.29, 0.717) is 6.04 Å². The predicted octanol–water partition coefficient (Wildman–Crippen LogP) is 3.31. The van der Waals surface area contributed by atoms with Crippen molar-refractivity contribution in [3.05, 3.63) is 16.4 Å². The zero-order valence-electron chi connectivity index (χ0n) is 12.9. The van der Waals surface area contributed by atoms with E-state index in [0.717, 1.165) is 42.5 Å². The fraction of sp³-hybridized carbons (Fsp3) is 0.800. The minimum absolute atomic E-state index is 0.254. The van der Waals surface area contributed by atoms with Crippen molar-refractivity contribution in [3.63, 3.8) is 0 Å². The Morgan fingerprint density at radius 3 is 2.50 bits per heavy atom. The van der Waals surface area contributed by atoms with Crippen LogP contribution in [0.15, 0.2) is 10.7 Å². The summed E-state index contributed by atoms with van der Waals surface area (Å²) < 4.78 is 2.88. The van der Waals surface area contributed by atoms with Crippen LogP contribution in [-0.2, 0) is 5.60 Å². The summed E-state index contributed by atoms with van der Waals surface area (Å²) in [5.74, 6) is 0. The fourth-order valence-corrected chi connectivity index (χ4v) is 3.70. The summed E-state index contributed by atoms with van der Waals surface area (Å²) in [7, 11) is 0. The van der Waals surface area contributed by atoms with Gasteiger partial charge in [-0.2, -0.15) is 5.10 Å². The van der Waals surface area contributed by atoms with Crippen molar-refractivity contribution >= 4 is 15.9 Å². The standard InChI is InChI=1S/C15H26BrN3O/c1-11(2)18-8-5-6-15(20,7-9-18)14-13(16)10-17-19(14)12(3)4/h10-12,20H,5-9H2,1-4H3. The summed E-state index contributed by atoms with van der Waals surface area (Å²) in [5, 5.41) is 15.6. The highest BCUT2D eigenvalue weighted by atomic mass is 79.9. The maximum absolute atomic E-state index is 11.2. The van der Waals surface area contributed by atoms with E-state index in [1.807, 2.05) is 4.68 Å². The molecule has 0 bridgehead atoms. The molecule has 1 aromatic rings. The van der Waals surface area contributed by atoms with Crippen molar-refractivity contribution in [2.45, 2.75) is 64.6 Å². The zero-order valence-corrected chi connectivity index (χ0v) is 14.5. The number of aromatic nitrogens is 2. The van der Waals surface area contributed by atoms with Crippen molar-refractivity contribution in [3.8, 4) is 0 Å². The van der Waals surface area contributed by atoms with Crippen molar-refractivity contribution in [1.29, 1.82) is 0 Å². The first kappa shape index (κ1) is 16.0. The molecule has 0 spiro atoms. The molecule has 1 N–H and O–H groups in total. The number of aliphatic hydroxyl groups is 1. The Hall–Kier alpha value is -0.390. The van der Waals surface area contributed by atoms with Crippen LogP contribution < -0.4 is 0 Å². The Kier molecular flexibility index (Phi) is 4.92. The summed E-state index contributed by atoms with van der Waals surface area (Å²) in [6.45, 7) is 10.6. The summed E-state index contributed by atoms with van der Waals surface area (Å²) in [6.07, 6.45) is 4.39. The lowest BCUT2D eigenvalue weighted by Crippen LogP contribution is -2.34. The van der Waals surface area contributed by atoms with Crippen LogP contribution in [0.4, 0.5) is 0 Å². The van der Waals surface area contributed by atoms with Gasteiger partial charge in [-0.25, -0.2) is 0 Å². The first-order valence-corrected chi connectivity index (χ1v) is 8.34. The SMILES string of the molecule is CC(C)N1CCCC(O)(c2c(Br)cnn2C(C)C)CC1. The third-order valence-corrected chi connectivity index (χ3v) is 4.84. The molecule has 114 valence electrons. The van der Waals surface area contributed by atoms with Gasteiger partial charge >= 0.3 is 0 Å². The van der Waals surface area contributed by atoms with Gasteiger partial charge in [0, 0.05) is 18.6 Å². The molecule has 1 fully saturated rings. The second kappa shape index (κ2) is 6.16. The number of hydrogen-bond acceptors (Lipinski definition) is 3. The monoisotopic (exact) mass is 343 g/mol. The number of halogens is 1. The van der Waals surface area contributed by atoms with E-state index < -0.39 is 5.60 Å². The molecule has 2 heterocycles. The van der Waals surface area contributed by atoms with Crippen molar-refractivity contribution < 1.29 is 5.11 Å². The third kappa shape index (κ3) is 3.10. The van der Waals surface area contributed by atoms with Crippen molar-refractivity contribution in [2.75, 3.05) is 13.1 Å². The van der Waals surface area contributed by atoms with E-state index in [4.69, 9.17) is 0 Å². The molecule has 1 aliphatic heterocycles. The average Bonchev–Trinajstić information content (AvgIpc) is 2.64. The molecular weight excluding hydrogens is 318 g/mol. The lowest BCUT2D eigenvalue weighted by atomic mass is 9.91. The molecule has 1 aliphatic rings. The molecule has 1 unspecified atom stereocenters. The lowest BCUT2D eigenvalue weighted by Gasteiger charge is -2.30. The largest absolute Gasteiger partial charge is 0.383 e. The minimum atomic E-state index is -0.775. The number of rotatable bonds is 3. The van der Waals surface area contributed by atoms with Gasteiger partial charge in [0.1, 0.15) is 5.60 Å². The molecule has 5 heteroatoms. The molecular formula is C15H26BrN3O. The molecule has 0 radical (unpaired) electrons. The van der Waals surface area contributed by atoms with Gasteiger partial charge in [0.2, 0.25) is 0 Å². The van der Waals surface area contributed by atoms with Gasteiger partial charge in [-0.15, -0.1) is 0 Å². The van der Waals surface area contributed by atoms with E-state index in [2.05, 4.69) is 53.6 Å². The van der Waals surface area contributed by atoms with E-state index in [9.17, 15) is 5.11 Å². The van der Waals surface area contributed by atoms with Crippen LogP contribution in [0, 0.1) is 0 Å². The van der Waals surface area contributed by atoms with Crippen LogP contribution in [0.1, 0.15) is 58.7 Å². The van der Waals surface area contributed by atoms with E-state index >= 15 is 0 Å². The molecule has 0 saturated carbocycles. The Morgan fingerprint density at radius 1 is 1.20 bits per heavy atom. The van der Waals surface area contributed by atoms with E-state index in [1.165, 1.54) is 0 Å². The van der Waals surface area contributed by atoms with Crippen molar-refractivity contribution in [1.82, 2.24) is 14.7 Å². The van der Waals surface area contributed by atoms with Crippen LogP contribution in [-0.4, -0.2) is 38.9 Å². The van der Waals surface area contributed by atoms with Crippen molar-refractivity contribution in [2.24, 2.45) is 0 Å². The molecule has 1 aromatic heterocycles. The zero-order chi connectivity index (χ0) is 14.9. The molecule has 20 heavy (non-hydrogen) atoms. The van der Waals surface area contributed by atoms with Crippen LogP contribution in [0.25, 0.3) is 0 Å². The first-order chi connectivity index (χ1) is 9.35. The highest BCUT2D eigenvalue weighted by Gasteiger charge is 2.37. The van der Waals surface area contributed by atoms with Gasteiger partial charge in [-0.3, -0.25) is 4.68 Å². The van der Waals surface area contributed by atoms with Gasteiger partial charge in [-0.05, 0) is 69.4 Å². The van der Waals surface area contributed by atoms with Gasteiger partial charge in [0.05, 0.1) is 16.4 Å². The maximum atomic E-state index is 11.2. The number of nitrogens with zero attached hydrogens (tertiary/aromatic N) is 3. The highest BCUT2D eigenvalue weighted by Crippen LogP contribution is 2.38. The minimum Gasteiger partial charge on any atom is -0.383 e. The summed E-state index contributed by atoms with van der Waals surface area (Å²) in [6, 6.07) is 0.792. The average molecular weight is 344 g/mol. The third-order valence-electron chi connectivity index (χ3n) is 4.26. The second-order valence-corrected chi connectivity index (χ2v) is 7.25. The Labute approximate surface area is 130 Å². The molecule has 1 atom stereocenters. The highest BCUT2D eigenvalue weighted by molar-refractivity contribution is 9.10. The molecule has 1 saturated heterocycles. The molecule has 2 rings (SSSR count). The topological polar surface area (TPSA) is 41.3 Å². The molecule has 4 nitrogen and oxygen atoms in total. The number of likely N-dealkylation sites (tertiary alicyclic amines) is 1. The fourth-order valence-electron chi connectivity index (χ4n) is 3.06. The molecule has 0 aliphatic carbocycles. The summed E-state index contributed by atoms with van der Waals surface area (Å²) >= 11 is 3.57. The quantitative estimate of drug-likeness (QED) is 0.915. The van der Waals surface area contributed by atoms with Gasteiger partial charge < -0.3 is 10.0 Å². The lowest BCUT2D eigenvalue weighted by molar-refractivity contribution is 0.00994. The van der Waals surface area contributed by atoms with E-state index in [1.54, 1.807) is 6.20 Å². The summed E-state index contributed by atoms with van der Waals surface area (Å²) in [5.41, 5.74) is 0.168. The normalized spacial score (nSPS) is 25.4. The van der Waals surface area contributed by atoms with Crippen LogP contribution >= 0.6 is 15.9 Å². The van der Waals surface area contributed by atoms with Crippen LogP contribution in [0.3, 0.4) is 0 Å². The van der Waals surface area contributed by atoms with Gasteiger partial charge in [-0.1, -0.05) is 0 Å². The maximum Gasteiger partial charge on any atom is 0.109 e. The van der Waals surface area contributed by atoms with Crippen LogP contribution in [0.2, 0.25) is 0 Å². The van der Waals surface area contributed by atoms with E-state index in [-0.39, 0.29) is 6.04 Å². The Balaban J connectivity index is 2.29.